The summed E-state index contributed by atoms with van der Waals surface area (Å²) >= 11 is 0. The van der Waals surface area contributed by atoms with Crippen LogP contribution >= 0.6 is 0 Å². The minimum atomic E-state index is -0.497. The smallest absolute Gasteiger partial charge is 0.229 e. The van der Waals surface area contributed by atoms with Gasteiger partial charge in [0.1, 0.15) is 5.75 Å². The lowest BCUT2D eigenvalue weighted by atomic mass is 10.3. The molecule has 3 N–H and O–H groups in total. The maximum atomic E-state index is 10.3. The molecular weight excluding hydrogens is 168 g/mol. The van der Waals surface area contributed by atoms with Crippen LogP contribution in [0.1, 0.15) is 12.1 Å². The van der Waals surface area contributed by atoms with E-state index in [1.807, 2.05) is 0 Å². The van der Waals surface area contributed by atoms with Crippen LogP contribution in [0.15, 0.2) is 18.3 Å². The zero-order chi connectivity index (χ0) is 9.68. The summed E-state index contributed by atoms with van der Waals surface area (Å²) in [6.45, 7) is 0. The molecule has 0 aliphatic carbocycles. The van der Waals surface area contributed by atoms with E-state index in [2.05, 4.69) is 16.8 Å². The van der Waals surface area contributed by atoms with Gasteiger partial charge in [-0.3, -0.25) is 4.79 Å². The second-order valence-corrected chi connectivity index (χ2v) is 2.32. The minimum absolute atomic E-state index is 0.000490. The first-order valence-corrected chi connectivity index (χ1v) is 3.61. The Kier molecular flexibility index (Phi) is 2.87. The number of amides is 1. The van der Waals surface area contributed by atoms with Crippen molar-refractivity contribution in [1.29, 1.82) is 0 Å². The van der Waals surface area contributed by atoms with Crippen molar-refractivity contribution in [3.05, 3.63) is 24.0 Å². The number of pyridine rings is 1. The summed E-state index contributed by atoms with van der Waals surface area (Å²) in [7, 11) is 0. The monoisotopic (exact) mass is 176 g/mol. The molecule has 13 heavy (non-hydrogen) atoms. The van der Waals surface area contributed by atoms with E-state index < -0.39 is 5.91 Å². The fraction of sp³-hybridized carbons (Fsp3) is 0.111. The molecular formula is C9H8N2O2. The molecule has 1 aromatic rings. The van der Waals surface area contributed by atoms with Crippen LogP contribution in [-0.2, 0) is 4.79 Å². The zero-order valence-corrected chi connectivity index (χ0v) is 6.82. The Hall–Kier alpha value is -2.02. The maximum Gasteiger partial charge on any atom is 0.229 e. The highest BCUT2D eigenvalue weighted by Crippen LogP contribution is 2.10. The highest BCUT2D eigenvalue weighted by atomic mass is 16.3. The van der Waals surface area contributed by atoms with Gasteiger partial charge in [0.05, 0.1) is 6.42 Å². The minimum Gasteiger partial charge on any atom is -0.505 e. The molecule has 0 aromatic carbocycles. The molecule has 0 aliphatic heterocycles. The van der Waals surface area contributed by atoms with Crippen molar-refractivity contribution in [2.75, 3.05) is 0 Å². The van der Waals surface area contributed by atoms with E-state index in [1.54, 1.807) is 6.07 Å². The van der Waals surface area contributed by atoms with Crippen LogP contribution in [0.2, 0.25) is 0 Å². The maximum absolute atomic E-state index is 10.3. The first-order valence-electron chi connectivity index (χ1n) is 3.61. The normalized spacial score (nSPS) is 8.62. The van der Waals surface area contributed by atoms with Gasteiger partial charge in [-0.25, -0.2) is 4.98 Å². The largest absolute Gasteiger partial charge is 0.505 e. The van der Waals surface area contributed by atoms with Crippen molar-refractivity contribution in [2.24, 2.45) is 5.73 Å². The topological polar surface area (TPSA) is 76.2 Å². The molecule has 0 radical (unpaired) electrons. The van der Waals surface area contributed by atoms with Crippen LogP contribution in [0.25, 0.3) is 0 Å². The summed E-state index contributed by atoms with van der Waals surface area (Å²) in [5, 5.41) is 9.19. The molecule has 1 aromatic heterocycles. The molecule has 66 valence electrons. The lowest BCUT2D eigenvalue weighted by Gasteiger charge is -1.91. The third-order valence-electron chi connectivity index (χ3n) is 1.26. The number of carbonyl (C=O) groups is 1. The molecule has 1 heterocycles. The van der Waals surface area contributed by atoms with Crippen molar-refractivity contribution in [3.8, 4) is 17.6 Å². The van der Waals surface area contributed by atoms with Gasteiger partial charge in [0.2, 0.25) is 5.91 Å². The molecule has 0 bridgehead atoms. The van der Waals surface area contributed by atoms with Crippen LogP contribution in [0.5, 0.6) is 5.75 Å². The number of nitrogens with two attached hydrogens (primary N) is 1. The first-order chi connectivity index (χ1) is 6.20. The summed E-state index contributed by atoms with van der Waals surface area (Å²) in [5.41, 5.74) is 5.12. The molecule has 1 amide bonds. The van der Waals surface area contributed by atoms with Crippen LogP contribution < -0.4 is 5.73 Å². The number of hydrogen-bond donors (Lipinski definition) is 2. The summed E-state index contributed by atoms with van der Waals surface area (Å²) in [6, 6.07) is 3.07. The molecule has 0 aliphatic rings. The highest BCUT2D eigenvalue weighted by molar-refractivity contribution is 5.76. The van der Waals surface area contributed by atoms with Gasteiger partial charge >= 0.3 is 0 Å². The molecule has 0 fully saturated rings. The summed E-state index contributed by atoms with van der Waals surface area (Å²) < 4.78 is 0. The first kappa shape index (κ1) is 9.07. The van der Waals surface area contributed by atoms with E-state index in [1.165, 1.54) is 12.3 Å². The number of nitrogens with zero attached hydrogens (tertiary/aromatic N) is 1. The van der Waals surface area contributed by atoms with Gasteiger partial charge in [0.15, 0.2) is 5.69 Å². The fourth-order valence-electron chi connectivity index (χ4n) is 0.708. The van der Waals surface area contributed by atoms with E-state index in [4.69, 9.17) is 5.73 Å². The van der Waals surface area contributed by atoms with Gasteiger partial charge in [-0.15, -0.1) is 0 Å². The van der Waals surface area contributed by atoms with Crippen LogP contribution in [0.4, 0.5) is 0 Å². The molecule has 0 unspecified atom stereocenters. The number of aromatic hydroxyl groups is 1. The van der Waals surface area contributed by atoms with E-state index in [0.717, 1.165) is 0 Å². The summed E-state index contributed by atoms with van der Waals surface area (Å²) in [6.07, 6.45) is 1.48. The van der Waals surface area contributed by atoms with E-state index in [0.29, 0.717) is 0 Å². The Morgan fingerprint density at radius 1 is 1.69 bits per heavy atom. The molecule has 4 nitrogen and oxygen atoms in total. The van der Waals surface area contributed by atoms with E-state index in [9.17, 15) is 9.90 Å². The Balaban J connectivity index is 2.77. The van der Waals surface area contributed by atoms with Crippen LogP contribution in [-0.4, -0.2) is 16.0 Å². The third kappa shape index (κ3) is 2.83. The number of rotatable bonds is 1. The van der Waals surface area contributed by atoms with Crippen molar-refractivity contribution in [1.82, 2.24) is 4.98 Å². The van der Waals surface area contributed by atoms with Gasteiger partial charge in [-0.2, -0.15) is 0 Å². The Morgan fingerprint density at radius 3 is 3.08 bits per heavy atom. The summed E-state index contributed by atoms with van der Waals surface area (Å²) in [5.74, 6) is 4.53. The van der Waals surface area contributed by atoms with Gasteiger partial charge in [-0.05, 0) is 18.1 Å². The second-order valence-electron chi connectivity index (χ2n) is 2.32. The Labute approximate surface area is 75.4 Å². The van der Waals surface area contributed by atoms with Crippen LogP contribution in [0.3, 0.4) is 0 Å². The van der Waals surface area contributed by atoms with Crippen molar-refractivity contribution < 1.29 is 9.90 Å². The standard InChI is InChI=1S/C9H8N2O2/c10-9(13)5-1-3-7-8(12)4-2-6-11-7/h2,4,6,12H,5H2,(H2,10,13). The Morgan fingerprint density at radius 2 is 2.46 bits per heavy atom. The molecule has 1 rings (SSSR count). The predicted molar refractivity (Wildman–Crippen MR) is 46.6 cm³/mol. The van der Waals surface area contributed by atoms with E-state index >= 15 is 0 Å². The van der Waals surface area contributed by atoms with Crippen molar-refractivity contribution >= 4 is 5.91 Å². The lowest BCUT2D eigenvalue weighted by Crippen LogP contribution is -2.08. The van der Waals surface area contributed by atoms with Crippen LogP contribution in [0, 0.1) is 11.8 Å². The highest BCUT2D eigenvalue weighted by Gasteiger charge is 1.95. The Bertz CT molecular complexity index is 377. The van der Waals surface area contributed by atoms with Crippen molar-refractivity contribution in [2.45, 2.75) is 6.42 Å². The fourth-order valence-corrected chi connectivity index (χ4v) is 0.708. The molecule has 0 spiro atoms. The van der Waals surface area contributed by atoms with Gasteiger partial charge in [0, 0.05) is 6.20 Å². The number of hydrogen-bond acceptors (Lipinski definition) is 3. The molecule has 4 heteroatoms. The lowest BCUT2D eigenvalue weighted by molar-refractivity contribution is -0.117. The van der Waals surface area contributed by atoms with E-state index in [-0.39, 0.29) is 17.9 Å². The number of carbonyl (C=O) groups excluding carboxylic acids is 1. The molecule has 0 atom stereocenters. The zero-order valence-electron chi connectivity index (χ0n) is 6.82. The molecule has 0 saturated carbocycles. The quantitative estimate of drug-likeness (QED) is 0.592. The summed E-state index contributed by atoms with van der Waals surface area (Å²) in [4.78, 5) is 14.1. The van der Waals surface area contributed by atoms with Gasteiger partial charge in [0.25, 0.3) is 0 Å². The average Bonchev–Trinajstić information content (AvgIpc) is 2.08. The second kappa shape index (κ2) is 4.12. The third-order valence-corrected chi connectivity index (χ3v) is 1.26. The SMILES string of the molecule is NC(=O)CC#Cc1ncccc1O. The number of aromatic nitrogens is 1. The van der Waals surface area contributed by atoms with Gasteiger partial charge in [-0.1, -0.05) is 5.92 Å². The average molecular weight is 176 g/mol. The molecule has 0 saturated heterocycles. The predicted octanol–water partition coefficient (Wildman–Crippen LogP) is 0.0141. The van der Waals surface area contributed by atoms with Gasteiger partial charge < -0.3 is 10.8 Å². The number of primary amides is 1. The van der Waals surface area contributed by atoms with Crippen molar-refractivity contribution in [3.63, 3.8) is 0 Å².